The van der Waals surface area contributed by atoms with Crippen LogP contribution in [0.25, 0.3) is 10.9 Å². The van der Waals surface area contributed by atoms with Crippen LogP contribution < -0.4 is 0 Å². The lowest BCUT2D eigenvalue weighted by atomic mass is 9.81. The lowest BCUT2D eigenvalue weighted by Gasteiger charge is -2.22. The summed E-state index contributed by atoms with van der Waals surface area (Å²) < 4.78 is 0. The zero-order chi connectivity index (χ0) is 13.2. The molecule has 1 unspecified atom stereocenters. The minimum atomic E-state index is -0.752. The van der Waals surface area contributed by atoms with Crippen LogP contribution in [-0.4, -0.2) is 16.1 Å². The van der Waals surface area contributed by atoms with Crippen molar-refractivity contribution in [3.63, 3.8) is 0 Å². The molecular weight excluding hydrogens is 226 g/mol. The maximum atomic E-state index is 11.3. The molecule has 0 radical (unpaired) electrons. The Morgan fingerprint density at radius 1 is 1.39 bits per heavy atom. The second kappa shape index (κ2) is 4.77. The van der Waals surface area contributed by atoms with E-state index < -0.39 is 11.4 Å². The van der Waals surface area contributed by atoms with Crippen LogP contribution in [0.5, 0.6) is 0 Å². The first-order chi connectivity index (χ1) is 8.55. The number of para-hydroxylation sites is 1. The molecule has 94 valence electrons. The Morgan fingerprint density at radius 3 is 2.78 bits per heavy atom. The summed E-state index contributed by atoms with van der Waals surface area (Å²) in [6.07, 6.45) is 2.89. The Bertz CT molecular complexity index is 579. The van der Waals surface area contributed by atoms with Gasteiger partial charge >= 0.3 is 5.97 Å². The zero-order valence-corrected chi connectivity index (χ0v) is 10.7. The van der Waals surface area contributed by atoms with Gasteiger partial charge in [-0.3, -0.25) is 9.78 Å². The fourth-order valence-corrected chi connectivity index (χ4v) is 2.02. The number of fused-ring (bicyclic) bond motifs is 1. The Hall–Kier alpha value is -1.90. The predicted octanol–water partition coefficient (Wildman–Crippen LogP) is 3.28. The molecule has 1 aromatic carbocycles. The molecule has 18 heavy (non-hydrogen) atoms. The first-order valence-corrected chi connectivity index (χ1v) is 6.12. The Kier molecular flexibility index (Phi) is 3.32. The van der Waals surface area contributed by atoms with Gasteiger partial charge in [0.25, 0.3) is 0 Å². The van der Waals surface area contributed by atoms with Crippen LogP contribution in [0.2, 0.25) is 0 Å². The normalized spacial score (nSPS) is 14.3. The summed E-state index contributed by atoms with van der Waals surface area (Å²) in [6.45, 7) is 3.69. The van der Waals surface area contributed by atoms with Gasteiger partial charge in [-0.05, 0) is 37.5 Å². The summed E-state index contributed by atoms with van der Waals surface area (Å²) in [7, 11) is 0. The van der Waals surface area contributed by atoms with Crippen molar-refractivity contribution in [3.8, 4) is 0 Å². The summed E-state index contributed by atoms with van der Waals surface area (Å²) in [4.78, 5) is 15.7. The van der Waals surface area contributed by atoms with Crippen LogP contribution in [0.15, 0.2) is 36.5 Å². The molecule has 2 rings (SSSR count). The standard InChI is InChI=1S/C15H17NO2/c1-3-15(2,14(17)18)9-11-8-12-6-4-5-7-13(12)16-10-11/h4-8,10H,3,9H2,1-2H3,(H,17,18). The Morgan fingerprint density at radius 2 is 2.11 bits per heavy atom. The summed E-state index contributed by atoms with van der Waals surface area (Å²) in [6, 6.07) is 9.89. The van der Waals surface area contributed by atoms with Crippen LogP contribution in [0.4, 0.5) is 0 Å². The molecule has 0 spiro atoms. The molecule has 0 aliphatic rings. The topological polar surface area (TPSA) is 50.2 Å². The molecule has 1 heterocycles. The van der Waals surface area contributed by atoms with Gasteiger partial charge in [-0.25, -0.2) is 0 Å². The number of nitrogens with zero attached hydrogens (tertiary/aromatic N) is 1. The van der Waals surface area contributed by atoms with Gasteiger partial charge in [0.15, 0.2) is 0 Å². The SMILES string of the molecule is CCC(C)(Cc1cnc2ccccc2c1)C(=O)O. The molecule has 0 amide bonds. The third kappa shape index (κ3) is 2.35. The maximum absolute atomic E-state index is 11.3. The Balaban J connectivity index is 2.34. The van der Waals surface area contributed by atoms with Gasteiger partial charge in [-0.15, -0.1) is 0 Å². The van der Waals surface area contributed by atoms with Crippen molar-refractivity contribution in [1.82, 2.24) is 4.98 Å². The van der Waals surface area contributed by atoms with Crippen molar-refractivity contribution in [2.24, 2.45) is 5.41 Å². The van der Waals surface area contributed by atoms with Gasteiger partial charge in [0.05, 0.1) is 10.9 Å². The van der Waals surface area contributed by atoms with E-state index in [9.17, 15) is 9.90 Å². The van der Waals surface area contributed by atoms with E-state index in [-0.39, 0.29) is 0 Å². The van der Waals surface area contributed by atoms with Crippen LogP contribution in [0, 0.1) is 5.41 Å². The van der Waals surface area contributed by atoms with Gasteiger partial charge in [0.1, 0.15) is 0 Å². The number of hydrogen-bond donors (Lipinski definition) is 1. The molecule has 1 atom stereocenters. The third-order valence-electron chi connectivity index (χ3n) is 3.54. The molecule has 0 fully saturated rings. The molecule has 1 aromatic heterocycles. The van der Waals surface area contributed by atoms with Crippen molar-refractivity contribution >= 4 is 16.9 Å². The quantitative estimate of drug-likeness (QED) is 0.896. The predicted molar refractivity (Wildman–Crippen MR) is 71.5 cm³/mol. The molecule has 0 saturated carbocycles. The first kappa shape index (κ1) is 12.6. The van der Waals surface area contributed by atoms with E-state index in [4.69, 9.17) is 0 Å². The molecule has 2 aromatic rings. The number of carboxylic acids is 1. The van der Waals surface area contributed by atoms with Crippen molar-refractivity contribution in [2.45, 2.75) is 26.7 Å². The lowest BCUT2D eigenvalue weighted by Crippen LogP contribution is -2.29. The van der Waals surface area contributed by atoms with Crippen molar-refractivity contribution < 1.29 is 9.90 Å². The van der Waals surface area contributed by atoms with Crippen molar-refractivity contribution in [2.75, 3.05) is 0 Å². The summed E-state index contributed by atoms with van der Waals surface area (Å²) >= 11 is 0. The van der Waals surface area contributed by atoms with Crippen LogP contribution in [0.3, 0.4) is 0 Å². The fourth-order valence-electron chi connectivity index (χ4n) is 2.02. The van der Waals surface area contributed by atoms with E-state index in [0.717, 1.165) is 16.5 Å². The number of aromatic nitrogens is 1. The third-order valence-corrected chi connectivity index (χ3v) is 3.54. The molecule has 3 nitrogen and oxygen atoms in total. The Labute approximate surface area is 106 Å². The second-order valence-corrected chi connectivity index (χ2v) is 4.93. The van der Waals surface area contributed by atoms with Gasteiger partial charge < -0.3 is 5.11 Å². The molecule has 0 bridgehead atoms. The number of hydrogen-bond acceptors (Lipinski definition) is 2. The fraction of sp³-hybridized carbons (Fsp3) is 0.333. The maximum Gasteiger partial charge on any atom is 0.309 e. The minimum Gasteiger partial charge on any atom is -0.481 e. The van der Waals surface area contributed by atoms with Gasteiger partial charge in [0, 0.05) is 11.6 Å². The van der Waals surface area contributed by atoms with Crippen molar-refractivity contribution in [1.29, 1.82) is 0 Å². The molecular formula is C15H17NO2. The minimum absolute atomic E-state index is 0.511. The molecule has 1 N–H and O–H groups in total. The van der Waals surface area contributed by atoms with Crippen LogP contribution >= 0.6 is 0 Å². The number of pyridine rings is 1. The largest absolute Gasteiger partial charge is 0.481 e. The van der Waals surface area contributed by atoms with E-state index in [1.165, 1.54) is 0 Å². The van der Waals surface area contributed by atoms with E-state index in [2.05, 4.69) is 4.98 Å². The van der Waals surface area contributed by atoms with Crippen LogP contribution in [0.1, 0.15) is 25.8 Å². The second-order valence-electron chi connectivity index (χ2n) is 4.93. The smallest absolute Gasteiger partial charge is 0.309 e. The van der Waals surface area contributed by atoms with Gasteiger partial charge in [-0.1, -0.05) is 25.1 Å². The zero-order valence-electron chi connectivity index (χ0n) is 10.7. The van der Waals surface area contributed by atoms with Gasteiger partial charge in [0.2, 0.25) is 0 Å². The number of aliphatic carboxylic acids is 1. The summed E-state index contributed by atoms with van der Waals surface area (Å²) in [5.74, 6) is -0.752. The lowest BCUT2D eigenvalue weighted by molar-refractivity contribution is -0.148. The molecule has 0 aliphatic carbocycles. The van der Waals surface area contributed by atoms with Crippen molar-refractivity contribution in [3.05, 3.63) is 42.1 Å². The van der Waals surface area contributed by atoms with E-state index in [1.807, 2.05) is 37.3 Å². The molecule has 0 aliphatic heterocycles. The van der Waals surface area contributed by atoms with Gasteiger partial charge in [-0.2, -0.15) is 0 Å². The molecule has 3 heteroatoms. The summed E-state index contributed by atoms with van der Waals surface area (Å²) in [5.41, 5.74) is 1.19. The summed E-state index contributed by atoms with van der Waals surface area (Å²) in [5, 5.41) is 10.3. The number of carboxylic acid groups (broad SMARTS) is 1. The van der Waals surface area contributed by atoms with Crippen LogP contribution in [-0.2, 0) is 11.2 Å². The highest BCUT2D eigenvalue weighted by molar-refractivity contribution is 5.79. The average molecular weight is 243 g/mol. The highest BCUT2D eigenvalue weighted by Crippen LogP contribution is 2.27. The monoisotopic (exact) mass is 243 g/mol. The highest BCUT2D eigenvalue weighted by atomic mass is 16.4. The number of carbonyl (C=O) groups is 1. The first-order valence-electron chi connectivity index (χ1n) is 6.12. The molecule has 0 saturated heterocycles. The number of rotatable bonds is 4. The average Bonchev–Trinajstić information content (AvgIpc) is 2.38. The highest BCUT2D eigenvalue weighted by Gasteiger charge is 2.31. The van der Waals surface area contributed by atoms with E-state index in [0.29, 0.717) is 12.8 Å². The van der Waals surface area contributed by atoms with E-state index in [1.54, 1.807) is 13.1 Å². The van der Waals surface area contributed by atoms with E-state index >= 15 is 0 Å². The number of benzene rings is 1.